The van der Waals surface area contributed by atoms with Gasteiger partial charge in [0, 0.05) is 12.0 Å². The molecule has 6 heteroatoms. The first-order valence-corrected chi connectivity index (χ1v) is 7.40. The average molecular weight is 297 g/mol. The average Bonchev–Trinajstić information content (AvgIpc) is 2.74. The monoisotopic (exact) mass is 297 g/mol. The zero-order chi connectivity index (χ0) is 14.7. The van der Waals surface area contributed by atoms with Crippen molar-refractivity contribution in [1.29, 1.82) is 0 Å². The third-order valence-electron chi connectivity index (χ3n) is 3.43. The third-order valence-corrected chi connectivity index (χ3v) is 4.60. The topological polar surface area (TPSA) is 64.6 Å². The van der Waals surface area contributed by atoms with Gasteiger partial charge in [0.15, 0.2) is 0 Å². The van der Waals surface area contributed by atoms with Crippen LogP contribution in [0.4, 0.5) is 5.00 Å². The van der Waals surface area contributed by atoms with E-state index in [9.17, 15) is 9.59 Å². The molecule has 0 saturated carbocycles. The minimum absolute atomic E-state index is 0.0282. The summed E-state index contributed by atoms with van der Waals surface area (Å²) in [5.74, 6) is -0.0387. The van der Waals surface area contributed by atoms with Crippen LogP contribution < -0.4 is 5.32 Å². The fourth-order valence-electron chi connectivity index (χ4n) is 2.45. The quantitative estimate of drug-likeness (QED) is 0.866. The Kier molecular flexibility index (Phi) is 4.77. The second-order valence-corrected chi connectivity index (χ2v) is 6.13. The maximum Gasteiger partial charge on any atom is 0.341 e. The standard InChI is InChI=1S/C14H19NO4S/c1-8-4-5-9-10(6-8)20-13(12(9)14(17)19-3)15-11(16)7-18-2/h8H,4-7H2,1-3H3,(H,15,16)/t8-/m1/s1. The number of nitrogens with one attached hydrogen (secondary N) is 1. The minimum atomic E-state index is -0.384. The predicted octanol–water partition coefficient (Wildman–Crippen LogP) is 2.24. The highest BCUT2D eigenvalue weighted by atomic mass is 32.1. The largest absolute Gasteiger partial charge is 0.465 e. The van der Waals surface area contributed by atoms with Gasteiger partial charge in [-0.2, -0.15) is 0 Å². The Morgan fingerprint density at radius 3 is 2.80 bits per heavy atom. The van der Waals surface area contributed by atoms with Crippen LogP contribution in [0.15, 0.2) is 0 Å². The van der Waals surface area contributed by atoms with E-state index in [-0.39, 0.29) is 18.5 Å². The van der Waals surface area contributed by atoms with Crippen molar-refractivity contribution in [3.05, 3.63) is 16.0 Å². The molecule has 0 fully saturated rings. The highest BCUT2D eigenvalue weighted by Gasteiger charge is 2.28. The SMILES string of the molecule is COCC(=O)Nc1sc2c(c1C(=O)OC)CC[C@@H](C)C2. The van der Waals surface area contributed by atoms with Gasteiger partial charge in [-0.25, -0.2) is 4.79 Å². The molecule has 0 spiro atoms. The Balaban J connectivity index is 2.35. The van der Waals surface area contributed by atoms with E-state index in [1.54, 1.807) is 0 Å². The van der Waals surface area contributed by atoms with E-state index < -0.39 is 0 Å². The van der Waals surface area contributed by atoms with Gasteiger partial charge in [0.25, 0.3) is 5.91 Å². The van der Waals surface area contributed by atoms with Gasteiger partial charge in [-0.3, -0.25) is 4.79 Å². The molecule has 0 radical (unpaired) electrons. The van der Waals surface area contributed by atoms with Gasteiger partial charge in [-0.15, -0.1) is 11.3 Å². The molecule has 1 amide bonds. The van der Waals surface area contributed by atoms with E-state index in [1.165, 1.54) is 30.4 Å². The van der Waals surface area contributed by atoms with Gasteiger partial charge in [0.2, 0.25) is 0 Å². The lowest BCUT2D eigenvalue weighted by atomic mass is 9.88. The number of amides is 1. The summed E-state index contributed by atoms with van der Waals surface area (Å²) in [6.45, 7) is 2.17. The molecule has 1 aliphatic rings. The van der Waals surface area contributed by atoms with Crippen LogP contribution in [-0.4, -0.2) is 32.7 Å². The maximum atomic E-state index is 12.0. The number of thiophene rings is 1. The molecule has 0 saturated heterocycles. The number of fused-ring (bicyclic) bond motifs is 1. The van der Waals surface area contributed by atoms with Crippen LogP contribution in [0.25, 0.3) is 0 Å². The Hall–Kier alpha value is -1.40. The van der Waals surface area contributed by atoms with Crippen molar-refractivity contribution in [1.82, 2.24) is 0 Å². The van der Waals surface area contributed by atoms with Gasteiger partial charge in [0.1, 0.15) is 11.6 Å². The zero-order valence-electron chi connectivity index (χ0n) is 11.9. The Morgan fingerprint density at radius 1 is 1.40 bits per heavy atom. The number of hydrogen-bond acceptors (Lipinski definition) is 5. The number of rotatable bonds is 4. The summed E-state index contributed by atoms with van der Waals surface area (Å²) in [5, 5.41) is 3.33. The van der Waals surface area contributed by atoms with Gasteiger partial charge in [0.05, 0.1) is 12.7 Å². The first-order valence-electron chi connectivity index (χ1n) is 6.58. The summed E-state index contributed by atoms with van der Waals surface area (Å²) >= 11 is 1.48. The molecule has 1 aliphatic carbocycles. The van der Waals surface area contributed by atoms with Crippen molar-refractivity contribution in [2.24, 2.45) is 5.92 Å². The molecule has 2 rings (SSSR count). The van der Waals surface area contributed by atoms with E-state index in [1.807, 2.05) is 0 Å². The van der Waals surface area contributed by atoms with Crippen LogP contribution in [-0.2, 0) is 27.1 Å². The van der Waals surface area contributed by atoms with Gasteiger partial charge < -0.3 is 14.8 Å². The molecule has 20 heavy (non-hydrogen) atoms. The molecule has 1 atom stereocenters. The molecule has 5 nitrogen and oxygen atoms in total. The minimum Gasteiger partial charge on any atom is -0.465 e. The number of ether oxygens (including phenoxy) is 2. The second kappa shape index (κ2) is 6.37. The van der Waals surface area contributed by atoms with Crippen molar-refractivity contribution in [3.63, 3.8) is 0 Å². The summed E-state index contributed by atoms with van der Waals surface area (Å²) in [6.07, 6.45) is 2.86. The summed E-state index contributed by atoms with van der Waals surface area (Å²) in [6, 6.07) is 0. The summed E-state index contributed by atoms with van der Waals surface area (Å²) in [4.78, 5) is 24.8. The van der Waals surface area contributed by atoms with Crippen LogP contribution >= 0.6 is 11.3 Å². The smallest absolute Gasteiger partial charge is 0.341 e. The van der Waals surface area contributed by atoms with Crippen LogP contribution in [0.5, 0.6) is 0 Å². The zero-order valence-corrected chi connectivity index (χ0v) is 12.8. The molecule has 0 aromatic carbocycles. The number of esters is 1. The van der Waals surface area contributed by atoms with E-state index >= 15 is 0 Å². The number of anilines is 1. The van der Waals surface area contributed by atoms with Gasteiger partial charge in [-0.1, -0.05) is 6.92 Å². The molecule has 1 aromatic heterocycles. The van der Waals surface area contributed by atoms with E-state index in [0.717, 1.165) is 24.8 Å². The lowest BCUT2D eigenvalue weighted by molar-refractivity contribution is -0.119. The van der Waals surface area contributed by atoms with Crippen molar-refractivity contribution < 1.29 is 19.1 Å². The lowest BCUT2D eigenvalue weighted by Crippen LogP contribution is -2.19. The number of carbonyl (C=O) groups is 2. The van der Waals surface area contributed by atoms with Crippen molar-refractivity contribution in [3.8, 4) is 0 Å². The van der Waals surface area contributed by atoms with E-state index in [2.05, 4.69) is 12.2 Å². The molecular weight excluding hydrogens is 278 g/mol. The lowest BCUT2D eigenvalue weighted by Gasteiger charge is -2.18. The maximum absolute atomic E-state index is 12.0. The van der Waals surface area contributed by atoms with Crippen molar-refractivity contribution >= 4 is 28.2 Å². The highest BCUT2D eigenvalue weighted by Crippen LogP contribution is 2.39. The fraction of sp³-hybridized carbons (Fsp3) is 0.571. The van der Waals surface area contributed by atoms with Crippen LogP contribution in [0.3, 0.4) is 0 Å². The Morgan fingerprint density at radius 2 is 2.15 bits per heavy atom. The summed E-state index contributed by atoms with van der Waals surface area (Å²) in [5.41, 5.74) is 1.55. The summed E-state index contributed by atoms with van der Waals surface area (Å²) in [7, 11) is 2.82. The normalized spacial score (nSPS) is 17.4. The highest BCUT2D eigenvalue weighted by molar-refractivity contribution is 7.17. The molecule has 110 valence electrons. The molecule has 1 aromatic rings. The Bertz CT molecular complexity index is 523. The molecule has 0 unspecified atom stereocenters. The van der Waals surface area contributed by atoms with Crippen molar-refractivity contribution in [2.45, 2.75) is 26.2 Å². The number of hydrogen-bond donors (Lipinski definition) is 1. The van der Waals surface area contributed by atoms with Crippen LogP contribution in [0.2, 0.25) is 0 Å². The number of methoxy groups -OCH3 is 2. The molecule has 0 bridgehead atoms. The summed E-state index contributed by atoms with van der Waals surface area (Å²) < 4.78 is 9.65. The van der Waals surface area contributed by atoms with Crippen molar-refractivity contribution in [2.75, 3.05) is 26.1 Å². The van der Waals surface area contributed by atoms with Crippen LogP contribution in [0, 0.1) is 5.92 Å². The number of carbonyl (C=O) groups excluding carboxylic acids is 2. The molecule has 1 heterocycles. The van der Waals surface area contributed by atoms with Gasteiger partial charge >= 0.3 is 5.97 Å². The third kappa shape index (κ3) is 3.02. The van der Waals surface area contributed by atoms with E-state index in [0.29, 0.717) is 16.5 Å². The first-order chi connectivity index (χ1) is 9.56. The van der Waals surface area contributed by atoms with Crippen LogP contribution in [0.1, 0.15) is 34.1 Å². The van der Waals surface area contributed by atoms with Gasteiger partial charge in [-0.05, 0) is 30.7 Å². The molecular formula is C14H19NO4S. The molecule has 1 N–H and O–H groups in total. The van der Waals surface area contributed by atoms with E-state index in [4.69, 9.17) is 9.47 Å². The predicted molar refractivity (Wildman–Crippen MR) is 77.4 cm³/mol. The Labute approximate surface area is 122 Å². The molecule has 0 aliphatic heterocycles. The second-order valence-electron chi connectivity index (χ2n) is 5.03. The fourth-order valence-corrected chi connectivity index (χ4v) is 3.87. The first kappa shape index (κ1) is 15.0.